The molecule has 24 heteroatoms. The first kappa shape index (κ1) is 29.3. The van der Waals surface area contributed by atoms with Crippen molar-refractivity contribution < 1.29 is 78.2 Å². The van der Waals surface area contributed by atoms with Crippen LogP contribution < -0.4 is 5.56 Å². The second-order valence-electron chi connectivity index (χ2n) is 6.27. The summed E-state index contributed by atoms with van der Waals surface area (Å²) >= 11 is 4.54. The van der Waals surface area contributed by atoms with Gasteiger partial charge >= 0.3 is 29.6 Å². The molecule has 1 saturated heterocycles. The van der Waals surface area contributed by atoms with E-state index in [1.165, 1.54) is 0 Å². The second kappa shape index (κ2) is 9.51. The zero-order chi connectivity index (χ0) is 26.5. The number of aliphatic hydroxyl groups is 1. The summed E-state index contributed by atoms with van der Waals surface area (Å²) < 4.78 is 117. The lowest BCUT2D eigenvalue weighted by Gasteiger charge is -2.31. The zero-order valence-electron chi connectivity index (χ0n) is 15.6. The summed E-state index contributed by atoms with van der Waals surface area (Å²) in [6.07, 6.45) is -14.7. The van der Waals surface area contributed by atoms with Crippen molar-refractivity contribution in [2.24, 2.45) is 0 Å². The Bertz CT molecular complexity index is 1200. The Morgan fingerprint density at radius 3 is 2.24 bits per heavy atom. The Kier molecular flexibility index (Phi) is 8.20. The number of alkyl halides is 4. The number of hydrogen-bond donors (Lipinski definition) is 6. The summed E-state index contributed by atoms with van der Waals surface area (Å²) in [7, 11) is -17.6. The van der Waals surface area contributed by atoms with Gasteiger partial charge in [0.05, 0.1) is 12.8 Å². The maximum Gasteiger partial charge on any atom is 0.490 e. The van der Waals surface area contributed by atoms with Gasteiger partial charge in [0.15, 0.2) is 11.0 Å². The molecule has 0 bridgehead atoms. The van der Waals surface area contributed by atoms with E-state index in [4.69, 9.17) is 14.7 Å². The van der Waals surface area contributed by atoms with E-state index in [1.807, 2.05) is 0 Å². The number of phosphoric ester groups is 1. The predicted molar refractivity (Wildman–Crippen MR) is 95.5 cm³/mol. The van der Waals surface area contributed by atoms with Gasteiger partial charge in [0.25, 0.3) is 11.2 Å². The Morgan fingerprint density at radius 1 is 1.18 bits per heavy atom. The molecule has 6 atom stereocenters. The van der Waals surface area contributed by atoms with Gasteiger partial charge in [0.1, 0.15) is 12.2 Å². The lowest BCUT2D eigenvalue weighted by atomic mass is 9.95. The van der Waals surface area contributed by atoms with Crippen molar-refractivity contribution in [1.82, 2.24) is 9.55 Å². The largest absolute Gasteiger partial charge is 0.490 e. The molecule has 0 spiro atoms. The summed E-state index contributed by atoms with van der Waals surface area (Å²) in [4.78, 5) is 48.0. The fourth-order valence-corrected chi connectivity index (χ4v) is 5.84. The van der Waals surface area contributed by atoms with E-state index in [2.05, 4.69) is 30.1 Å². The smallest absolute Gasteiger partial charge is 0.386 e. The monoisotopic (exact) mass is 588 g/mol. The molecule has 1 fully saturated rings. The van der Waals surface area contributed by atoms with E-state index in [0.29, 0.717) is 0 Å². The molecular weight excluding hydrogens is 576 g/mol. The number of ether oxygens (including phenoxy) is 1. The lowest BCUT2D eigenvalue weighted by molar-refractivity contribution is -0.274. The fourth-order valence-electron chi connectivity index (χ4n) is 2.57. The number of aromatic nitrogens is 2. The maximum absolute atomic E-state index is 15.1. The molecule has 1 aliphatic heterocycles. The first-order chi connectivity index (χ1) is 15.1. The molecule has 1 aromatic heterocycles. The van der Waals surface area contributed by atoms with Crippen LogP contribution in [-0.4, -0.2) is 64.9 Å². The van der Waals surface area contributed by atoms with Crippen LogP contribution in [-0.2, 0) is 31.6 Å². The van der Waals surface area contributed by atoms with Crippen LogP contribution >= 0.6 is 35.7 Å². The van der Waals surface area contributed by atoms with Crippen molar-refractivity contribution in [1.29, 1.82) is 0 Å². The van der Waals surface area contributed by atoms with E-state index < -0.39 is 76.5 Å². The van der Waals surface area contributed by atoms with Gasteiger partial charge in [0.2, 0.25) is 5.82 Å². The van der Waals surface area contributed by atoms with Gasteiger partial charge in [-0.05, 0) is 12.2 Å². The van der Waals surface area contributed by atoms with Crippen LogP contribution in [0.15, 0.2) is 11.0 Å². The third-order valence-corrected chi connectivity index (χ3v) is 7.99. The topological polar surface area (TPSA) is 227 Å². The van der Waals surface area contributed by atoms with Crippen molar-refractivity contribution in [3.63, 3.8) is 0 Å². The highest BCUT2D eigenvalue weighted by atomic mass is 32.1. The molecule has 0 aromatic carbocycles. The molecule has 15 nitrogen and oxygen atoms in total. The maximum atomic E-state index is 15.1. The second-order valence-corrected chi connectivity index (χ2v) is 11.1. The molecule has 1 aliphatic rings. The number of hydrogen-bond acceptors (Lipinski definition) is 10. The third kappa shape index (κ3) is 6.44. The van der Waals surface area contributed by atoms with Crippen LogP contribution in [0.25, 0.3) is 0 Å². The van der Waals surface area contributed by atoms with E-state index >= 15 is 4.39 Å². The molecular formula is C10H12F5N2O13P3S. The standard InChI is InChI=1S/C10H12F5N2O13P3S/c11-3-1-17(8(34)16-6(3)19)7-9(12,10(13,14)15)5(18)4(28-7)2-27-32(23,24)30-33(25,26)29-31(20,21)22/h1,4-5,7,18H,2H2,(H,23,24)(H,25,26)(H,16,19,34)(H2,20,21,22)/t4-,5+,7-,9?/m1/s1. The van der Waals surface area contributed by atoms with Crippen LogP contribution in [0.5, 0.6) is 0 Å². The predicted octanol–water partition coefficient (Wildman–Crippen LogP) is 0.917. The van der Waals surface area contributed by atoms with Gasteiger partial charge < -0.3 is 29.4 Å². The van der Waals surface area contributed by atoms with Gasteiger partial charge in [-0.1, -0.05) is 0 Å². The highest BCUT2D eigenvalue weighted by Crippen LogP contribution is 2.66. The molecule has 0 saturated carbocycles. The van der Waals surface area contributed by atoms with Gasteiger partial charge in [-0.15, -0.1) is 0 Å². The van der Waals surface area contributed by atoms with Crippen molar-refractivity contribution in [3.8, 4) is 0 Å². The Labute approximate surface area is 188 Å². The van der Waals surface area contributed by atoms with Gasteiger partial charge in [-0.3, -0.25) is 18.9 Å². The van der Waals surface area contributed by atoms with Crippen LogP contribution in [0.1, 0.15) is 6.23 Å². The molecule has 1 aromatic rings. The fraction of sp³-hybridized carbons (Fsp3) is 0.600. The summed E-state index contributed by atoms with van der Waals surface area (Å²) in [5, 5.41) is 9.92. The SMILES string of the molecule is O=c1[nH]c(=S)n([C@@H]2O[C@H](COP(=O)(O)OP(=O)(O)OP(=O)(O)O)[C@H](O)C2(F)C(F)(F)F)cc1F. The Hall–Kier alpha value is -0.920. The van der Waals surface area contributed by atoms with Gasteiger partial charge in [-0.25, -0.2) is 18.1 Å². The molecule has 0 amide bonds. The highest BCUT2D eigenvalue weighted by molar-refractivity contribution is 7.71. The highest BCUT2D eigenvalue weighted by Gasteiger charge is 2.73. The normalized spacial score (nSPS) is 29.5. The minimum atomic E-state index is -5.99. The number of nitrogens with zero attached hydrogens (tertiary/aromatic N) is 1. The van der Waals surface area contributed by atoms with Crippen molar-refractivity contribution >= 4 is 35.7 Å². The van der Waals surface area contributed by atoms with Crippen LogP contribution in [0, 0.1) is 10.6 Å². The Balaban J connectivity index is 2.33. The minimum absolute atomic E-state index is 0.0311. The van der Waals surface area contributed by atoms with Crippen molar-refractivity contribution in [3.05, 3.63) is 27.1 Å². The van der Waals surface area contributed by atoms with E-state index in [9.17, 15) is 46.1 Å². The number of halogens is 5. The average molecular weight is 588 g/mol. The number of rotatable bonds is 8. The van der Waals surface area contributed by atoms with Crippen LogP contribution in [0.3, 0.4) is 0 Å². The zero-order valence-corrected chi connectivity index (χ0v) is 19.1. The first-order valence-electron chi connectivity index (χ1n) is 7.98. The molecule has 3 unspecified atom stereocenters. The molecule has 0 aliphatic carbocycles. The van der Waals surface area contributed by atoms with Gasteiger partial charge in [0, 0.05) is 0 Å². The number of aliphatic hydroxyl groups excluding tert-OH is 1. The average Bonchev–Trinajstić information content (AvgIpc) is 2.85. The summed E-state index contributed by atoms with van der Waals surface area (Å²) in [5.41, 5.74) is -6.26. The molecule has 196 valence electrons. The van der Waals surface area contributed by atoms with E-state index in [1.54, 1.807) is 4.98 Å². The van der Waals surface area contributed by atoms with Crippen molar-refractivity contribution in [2.45, 2.75) is 30.3 Å². The lowest BCUT2D eigenvalue weighted by Crippen LogP contribution is -2.54. The number of phosphoric acid groups is 3. The molecule has 0 radical (unpaired) electrons. The van der Waals surface area contributed by atoms with Crippen LogP contribution in [0.4, 0.5) is 22.0 Å². The molecule has 2 rings (SSSR count). The van der Waals surface area contributed by atoms with E-state index in [0.717, 1.165) is 0 Å². The minimum Gasteiger partial charge on any atom is -0.386 e. The summed E-state index contributed by atoms with van der Waals surface area (Å²) in [6.45, 7) is -1.68. The number of H-pyrrole nitrogens is 1. The summed E-state index contributed by atoms with van der Waals surface area (Å²) in [6, 6.07) is 0. The molecule has 6 N–H and O–H groups in total. The first-order valence-corrected chi connectivity index (χ1v) is 12.9. The van der Waals surface area contributed by atoms with Crippen LogP contribution in [0.2, 0.25) is 0 Å². The van der Waals surface area contributed by atoms with Gasteiger partial charge in [-0.2, -0.15) is 26.2 Å². The number of nitrogens with one attached hydrogen (secondary N) is 1. The van der Waals surface area contributed by atoms with Crippen molar-refractivity contribution in [2.75, 3.05) is 6.61 Å². The third-order valence-electron chi connectivity index (χ3n) is 3.87. The quantitative estimate of drug-likeness (QED) is 0.141. The Morgan fingerprint density at radius 2 is 1.74 bits per heavy atom. The molecule has 34 heavy (non-hydrogen) atoms. The number of aromatic amines is 1. The van der Waals surface area contributed by atoms with E-state index in [-0.39, 0.29) is 10.8 Å². The summed E-state index contributed by atoms with van der Waals surface area (Å²) in [5.74, 6) is -1.73. The molecule has 2 heterocycles.